The number of rotatable bonds is 4. The minimum absolute atomic E-state index is 0.0314. The number of hydrogen-bond acceptors (Lipinski definition) is 4. The number of piperidine rings is 1. The summed E-state index contributed by atoms with van der Waals surface area (Å²) in [5.74, 6) is 0.0314. The number of carbonyl (C=O) groups is 1. The Morgan fingerprint density at radius 2 is 2.05 bits per heavy atom. The smallest absolute Gasteiger partial charge is 0.241 e. The van der Waals surface area contributed by atoms with Gasteiger partial charge in [0.1, 0.15) is 0 Å². The molecule has 1 heterocycles. The molecule has 2 rings (SSSR count). The number of nitrogens with one attached hydrogen (secondary N) is 1. The van der Waals surface area contributed by atoms with E-state index in [0.29, 0.717) is 11.7 Å². The predicted octanol–water partition coefficient (Wildman–Crippen LogP) is 1.62. The van der Waals surface area contributed by atoms with Crippen LogP contribution in [-0.2, 0) is 4.79 Å². The van der Waals surface area contributed by atoms with Gasteiger partial charge in [0.05, 0.1) is 6.04 Å². The Bertz CT molecular complexity index is 481. The third kappa shape index (κ3) is 4.19. The molecule has 0 aromatic heterocycles. The molecule has 0 spiro atoms. The van der Waals surface area contributed by atoms with Gasteiger partial charge < -0.3 is 16.0 Å². The molecule has 1 aromatic carbocycles. The maximum atomic E-state index is 12.3. The topological polar surface area (TPSA) is 61.6 Å². The highest BCUT2D eigenvalue weighted by Crippen LogP contribution is 2.18. The van der Waals surface area contributed by atoms with E-state index in [1.54, 1.807) is 6.07 Å². The minimum atomic E-state index is -0.116. The molecule has 0 bridgehead atoms. The van der Waals surface area contributed by atoms with Gasteiger partial charge in [-0.1, -0.05) is 6.07 Å². The van der Waals surface area contributed by atoms with Gasteiger partial charge in [-0.3, -0.25) is 9.69 Å². The summed E-state index contributed by atoms with van der Waals surface area (Å²) in [5, 5.41) is 2.94. The quantitative estimate of drug-likeness (QED) is 0.827. The van der Waals surface area contributed by atoms with Crippen molar-refractivity contribution < 1.29 is 4.79 Å². The van der Waals surface area contributed by atoms with Crippen LogP contribution in [0, 0.1) is 0 Å². The second-order valence-corrected chi connectivity index (χ2v) is 6.02. The molecular weight excluding hydrogens is 264 g/mol. The summed E-state index contributed by atoms with van der Waals surface area (Å²) in [6.07, 6.45) is 2.23. The van der Waals surface area contributed by atoms with E-state index in [4.69, 9.17) is 5.73 Å². The van der Waals surface area contributed by atoms with Crippen LogP contribution < -0.4 is 11.1 Å². The fourth-order valence-corrected chi connectivity index (χ4v) is 2.82. The lowest BCUT2D eigenvalue weighted by molar-refractivity contribution is -0.121. The Balaban J connectivity index is 1.88. The molecule has 0 saturated carbocycles. The fraction of sp³-hybridized carbons (Fsp3) is 0.562. The average Bonchev–Trinajstić information content (AvgIpc) is 2.46. The molecule has 1 aliphatic heterocycles. The van der Waals surface area contributed by atoms with E-state index < -0.39 is 0 Å². The van der Waals surface area contributed by atoms with E-state index in [1.807, 2.05) is 25.1 Å². The predicted molar refractivity (Wildman–Crippen MR) is 87.2 cm³/mol. The maximum Gasteiger partial charge on any atom is 0.241 e. The normalized spacial score (nSPS) is 18.7. The van der Waals surface area contributed by atoms with Crippen LogP contribution in [0.25, 0.3) is 0 Å². The zero-order valence-electron chi connectivity index (χ0n) is 13.2. The Morgan fingerprint density at radius 3 is 2.62 bits per heavy atom. The van der Waals surface area contributed by atoms with Gasteiger partial charge in [-0.2, -0.15) is 0 Å². The van der Waals surface area contributed by atoms with Gasteiger partial charge in [0, 0.05) is 30.5 Å². The van der Waals surface area contributed by atoms with Gasteiger partial charge in [0.25, 0.3) is 0 Å². The summed E-state index contributed by atoms with van der Waals surface area (Å²) in [5.41, 5.74) is 7.15. The van der Waals surface area contributed by atoms with E-state index >= 15 is 0 Å². The van der Waals surface area contributed by atoms with Crippen molar-refractivity contribution >= 4 is 17.3 Å². The van der Waals surface area contributed by atoms with E-state index in [-0.39, 0.29) is 11.9 Å². The van der Waals surface area contributed by atoms with Crippen LogP contribution in [0.3, 0.4) is 0 Å². The molecule has 21 heavy (non-hydrogen) atoms. The Labute approximate surface area is 127 Å². The Hall–Kier alpha value is -1.59. The third-order valence-electron chi connectivity index (χ3n) is 4.31. The van der Waals surface area contributed by atoms with Gasteiger partial charge in [-0.25, -0.2) is 0 Å². The number of nitrogen functional groups attached to an aromatic ring is 1. The lowest BCUT2D eigenvalue weighted by atomic mass is 10.0. The summed E-state index contributed by atoms with van der Waals surface area (Å²) < 4.78 is 0. The third-order valence-corrected chi connectivity index (χ3v) is 4.31. The molecule has 116 valence electrons. The number of amides is 1. The van der Waals surface area contributed by atoms with Crippen molar-refractivity contribution in [3.05, 3.63) is 24.3 Å². The number of hydrogen-bond donors (Lipinski definition) is 2. The van der Waals surface area contributed by atoms with Crippen molar-refractivity contribution in [2.45, 2.75) is 31.8 Å². The highest BCUT2D eigenvalue weighted by atomic mass is 16.2. The van der Waals surface area contributed by atoms with Crippen LogP contribution in [0.5, 0.6) is 0 Å². The van der Waals surface area contributed by atoms with Crippen LogP contribution in [-0.4, -0.2) is 55.0 Å². The first-order valence-corrected chi connectivity index (χ1v) is 7.54. The summed E-state index contributed by atoms with van der Waals surface area (Å²) in [6.45, 7) is 3.90. The van der Waals surface area contributed by atoms with E-state index in [9.17, 15) is 4.79 Å². The number of likely N-dealkylation sites (tertiary alicyclic amines) is 1. The second kappa shape index (κ2) is 6.91. The van der Waals surface area contributed by atoms with Gasteiger partial charge in [0.15, 0.2) is 0 Å². The molecule has 5 heteroatoms. The molecule has 1 saturated heterocycles. The lowest BCUT2D eigenvalue weighted by Crippen LogP contribution is -2.49. The van der Waals surface area contributed by atoms with E-state index in [2.05, 4.69) is 29.2 Å². The first-order chi connectivity index (χ1) is 9.97. The SMILES string of the molecule is CC(C(=O)Nc1cccc(N)c1)N1CCC(N(C)C)CC1. The number of nitrogens with zero attached hydrogens (tertiary/aromatic N) is 2. The van der Waals surface area contributed by atoms with Crippen molar-refractivity contribution in [1.29, 1.82) is 0 Å². The van der Waals surface area contributed by atoms with Gasteiger partial charge in [-0.05, 0) is 52.1 Å². The summed E-state index contributed by atoms with van der Waals surface area (Å²) in [7, 11) is 4.24. The molecular formula is C16H26N4O. The van der Waals surface area contributed by atoms with Crippen LogP contribution in [0.1, 0.15) is 19.8 Å². The number of carbonyl (C=O) groups excluding carboxylic acids is 1. The number of benzene rings is 1. The standard InChI is InChI=1S/C16H26N4O/c1-12(20-9-7-15(8-10-20)19(2)3)16(21)18-14-6-4-5-13(17)11-14/h4-6,11-12,15H,7-10,17H2,1-3H3,(H,18,21). The molecule has 1 amide bonds. The Morgan fingerprint density at radius 1 is 1.38 bits per heavy atom. The summed E-state index contributed by atoms with van der Waals surface area (Å²) in [4.78, 5) is 16.9. The largest absolute Gasteiger partial charge is 0.399 e. The van der Waals surface area contributed by atoms with Crippen molar-refractivity contribution in [1.82, 2.24) is 9.80 Å². The second-order valence-electron chi connectivity index (χ2n) is 6.02. The molecule has 1 fully saturated rings. The summed E-state index contributed by atoms with van der Waals surface area (Å²) in [6, 6.07) is 7.81. The molecule has 1 aromatic rings. The van der Waals surface area contributed by atoms with Crippen LogP contribution in [0.2, 0.25) is 0 Å². The molecule has 1 atom stereocenters. The highest BCUT2D eigenvalue weighted by Gasteiger charge is 2.27. The van der Waals surface area contributed by atoms with Crippen LogP contribution >= 0.6 is 0 Å². The molecule has 0 aliphatic carbocycles. The fourth-order valence-electron chi connectivity index (χ4n) is 2.82. The van der Waals surface area contributed by atoms with Crippen LogP contribution in [0.15, 0.2) is 24.3 Å². The van der Waals surface area contributed by atoms with Crippen molar-refractivity contribution in [3.8, 4) is 0 Å². The highest BCUT2D eigenvalue weighted by molar-refractivity contribution is 5.94. The zero-order valence-corrected chi connectivity index (χ0v) is 13.2. The van der Waals surface area contributed by atoms with Gasteiger partial charge in [-0.15, -0.1) is 0 Å². The minimum Gasteiger partial charge on any atom is -0.399 e. The van der Waals surface area contributed by atoms with Crippen LogP contribution in [0.4, 0.5) is 11.4 Å². The lowest BCUT2D eigenvalue weighted by Gasteiger charge is -2.37. The molecule has 1 aliphatic rings. The summed E-state index contributed by atoms with van der Waals surface area (Å²) >= 11 is 0. The van der Waals surface area contributed by atoms with E-state index in [0.717, 1.165) is 31.6 Å². The average molecular weight is 290 g/mol. The van der Waals surface area contributed by atoms with Crippen molar-refractivity contribution in [2.75, 3.05) is 38.2 Å². The molecule has 1 unspecified atom stereocenters. The van der Waals surface area contributed by atoms with Crippen molar-refractivity contribution in [3.63, 3.8) is 0 Å². The number of nitrogens with two attached hydrogens (primary N) is 1. The van der Waals surface area contributed by atoms with Gasteiger partial charge in [0.2, 0.25) is 5.91 Å². The number of anilines is 2. The first-order valence-electron chi connectivity index (χ1n) is 7.54. The maximum absolute atomic E-state index is 12.3. The zero-order chi connectivity index (χ0) is 15.4. The first kappa shape index (κ1) is 15.8. The molecule has 5 nitrogen and oxygen atoms in total. The molecule has 0 radical (unpaired) electrons. The van der Waals surface area contributed by atoms with Crippen molar-refractivity contribution in [2.24, 2.45) is 0 Å². The molecule has 3 N–H and O–H groups in total. The van der Waals surface area contributed by atoms with E-state index in [1.165, 1.54) is 0 Å². The monoisotopic (exact) mass is 290 g/mol. The van der Waals surface area contributed by atoms with Gasteiger partial charge >= 0.3 is 0 Å². The Kier molecular flexibility index (Phi) is 5.20.